The molecule has 36 heavy (non-hydrogen) atoms. The maximum absolute atomic E-state index is 13.8. The predicted molar refractivity (Wildman–Crippen MR) is 131 cm³/mol. The largest absolute Gasteiger partial charge is 0.507 e. The molecule has 10 nitrogen and oxygen atoms in total. The zero-order chi connectivity index (χ0) is 26.7. The topological polar surface area (TPSA) is 165 Å². The molecule has 2 unspecified atom stereocenters. The number of ketones is 2. The van der Waals surface area contributed by atoms with Crippen LogP contribution in [0.3, 0.4) is 0 Å². The van der Waals surface area contributed by atoms with Gasteiger partial charge in [-0.15, -0.1) is 0 Å². The third-order valence-corrected chi connectivity index (χ3v) is 8.12. The van der Waals surface area contributed by atoms with Crippen LogP contribution in [0.2, 0.25) is 0 Å². The number of nitrogens with two attached hydrogens (primary N) is 1. The number of Topliss-reactive ketones (excluding diaryl/α,β-unsaturated/α-hetero) is 2. The van der Waals surface area contributed by atoms with E-state index in [0.29, 0.717) is 12.8 Å². The van der Waals surface area contributed by atoms with E-state index in [1.165, 1.54) is 6.07 Å². The number of hydrogen-bond acceptors (Lipinski definition) is 9. The summed E-state index contributed by atoms with van der Waals surface area (Å²) in [7, 11) is 7.22. The molecule has 196 valence electrons. The van der Waals surface area contributed by atoms with E-state index < -0.39 is 58.7 Å². The lowest BCUT2D eigenvalue weighted by Crippen LogP contribution is -2.73. The molecule has 0 aromatic heterocycles. The van der Waals surface area contributed by atoms with E-state index in [1.54, 1.807) is 19.0 Å². The third-order valence-electron chi connectivity index (χ3n) is 8.12. The molecule has 6 N–H and O–H groups in total. The van der Waals surface area contributed by atoms with Crippen molar-refractivity contribution in [1.82, 2.24) is 9.80 Å². The van der Waals surface area contributed by atoms with E-state index >= 15 is 0 Å². The average Bonchev–Trinajstić information content (AvgIpc) is 2.77. The minimum atomic E-state index is -2.63. The first-order valence-electron chi connectivity index (χ1n) is 12.2. The number of aliphatic hydroxyl groups is 3. The van der Waals surface area contributed by atoms with Crippen molar-refractivity contribution in [2.45, 2.75) is 43.4 Å². The van der Waals surface area contributed by atoms with E-state index in [2.05, 4.69) is 4.90 Å². The Kier molecular flexibility index (Phi) is 6.76. The van der Waals surface area contributed by atoms with Crippen LogP contribution in [0.4, 0.5) is 0 Å². The lowest BCUT2D eigenvalue weighted by Gasteiger charge is -2.53. The van der Waals surface area contributed by atoms with Crippen LogP contribution < -0.4 is 5.73 Å². The number of nitrogens with zero attached hydrogens (tertiary/aromatic N) is 2. The second-order valence-corrected chi connectivity index (χ2v) is 10.8. The van der Waals surface area contributed by atoms with Crippen molar-refractivity contribution < 1.29 is 34.8 Å². The highest BCUT2D eigenvalue weighted by molar-refractivity contribution is 6.25. The fourth-order valence-corrected chi connectivity index (χ4v) is 6.49. The van der Waals surface area contributed by atoms with Gasteiger partial charge < -0.3 is 36.0 Å². The molecule has 1 aromatic carbocycles. The van der Waals surface area contributed by atoms with Gasteiger partial charge in [0.2, 0.25) is 11.7 Å². The van der Waals surface area contributed by atoms with Gasteiger partial charge in [-0.25, -0.2) is 0 Å². The molecule has 2 fully saturated rings. The molecule has 3 aliphatic rings. The van der Waals surface area contributed by atoms with Crippen LogP contribution in [-0.4, -0.2) is 100 Å². The average molecular weight is 502 g/mol. The number of aromatic hydroxyl groups is 1. The zero-order valence-corrected chi connectivity index (χ0v) is 21.1. The highest BCUT2D eigenvalue weighted by atomic mass is 16.3. The summed E-state index contributed by atoms with van der Waals surface area (Å²) in [4.78, 5) is 42.9. The first kappa shape index (κ1) is 26.3. The van der Waals surface area contributed by atoms with Gasteiger partial charge in [-0.1, -0.05) is 6.07 Å². The Labute approximate surface area is 210 Å². The molecule has 0 spiro atoms. The van der Waals surface area contributed by atoms with E-state index in [0.717, 1.165) is 24.1 Å². The van der Waals surface area contributed by atoms with Gasteiger partial charge in [0, 0.05) is 17.5 Å². The number of amides is 1. The molecule has 0 radical (unpaired) electrons. The Morgan fingerprint density at radius 3 is 2.42 bits per heavy atom. The third kappa shape index (κ3) is 3.83. The van der Waals surface area contributed by atoms with Gasteiger partial charge in [0.15, 0.2) is 11.4 Å². The van der Waals surface area contributed by atoms with E-state index in [1.807, 2.05) is 20.2 Å². The molecule has 0 aliphatic heterocycles. The van der Waals surface area contributed by atoms with E-state index in [9.17, 15) is 34.8 Å². The number of benzene rings is 1. The summed E-state index contributed by atoms with van der Waals surface area (Å²) in [5.74, 6) is -7.27. The number of fused-ring (bicyclic) bond motifs is 3. The van der Waals surface area contributed by atoms with Crippen LogP contribution in [-0.2, 0) is 27.2 Å². The first-order valence-corrected chi connectivity index (χ1v) is 12.2. The molecular formula is C26H35N3O7. The number of likely N-dealkylation sites (N-methyl/N-ethyl adjacent to an activating group) is 1. The Bertz CT molecular complexity index is 1140. The lowest BCUT2D eigenvalue weighted by molar-refractivity contribution is -0.184. The standard InChI is InChI=1S/C26H35N3O7/c1-28(2)9-5-6-12-7-8-16(30)18-14(12)10-13-11-15-20(29(3)4)22(32)19(25(27)35)24(34)26(15,36)23(33)17(13)21(18)31/h7-8,13,15,19-20,22,30-32,36H,5-6,9-11H2,1-4H3,(H2,27,35)/t13-,15-,19?,20-,22?,26-/m0/s1. The normalized spacial score (nSPS) is 31.9. The van der Waals surface area contributed by atoms with Crippen LogP contribution in [0.5, 0.6) is 5.75 Å². The number of carbonyl (C=O) groups is 3. The minimum Gasteiger partial charge on any atom is -0.507 e. The summed E-state index contributed by atoms with van der Waals surface area (Å²) in [6.07, 6.45) is 0.498. The number of primary amides is 1. The second kappa shape index (κ2) is 9.26. The van der Waals surface area contributed by atoms with Gasteiger partial charge in [0.1, 0.15) is 17.4 Å². The Morgan fingerprint density at radius 1 is 1.17 bits per heavy atom. The van der Waals surface area contributed by atoms with Gasteiger partial charge in [-0.05, 0) is 83.5 Å². The fraction of sp³-hybridized carbons (Fsp3) is 0.577. The van der Waals surface area contributed by atoms with Crippen LogP contribution in [0, 0.1) is 17.8 Å². The molecule has 1 amide bonds. The van der Waals surface area contributed by atoms with Gasteiger partial charge in [-0.3, -0.25) is 14.4 Å². The summed E-state index contributed by atoms with van der Waals surface area (Å²) in [5, 5.41) is 44.4. The smallest absolute Gasteiger partial charge is 0.230 e. The number of aryl methyl sites for hydroxylation is 1. The summed E-state index contributed by atoms with van der Waals surface area (Å²) in [6.45, 7) is 0.852. The number of carbonyl (C=O) groups excluding carboxylic acids is 3. The number of rotatable bonds is 6. The SMILES string of the molecule is CN(C)CCCc1ccc(O)c2c1C[C@H]1C[C@H]3[C@H](N(C)C)C(O)C(C(N)=O)C(=O)[C@@]3(O)C(=O)C1=C2O. The van der Waals surface area contributed by atoms with E-state index in [4.69, 9.17) is 5.73 Å². The molecule has 4 rings (SSSR count). The van der Waals surface area contributed by atoms with Crippen LogP contribution >= 0.6 is 0 Å². The quantitative estimate of drug-likeness (QED) is 0.327. The molecular weight excluding hydrogens is 466 g/mol. The Morgan fingerprint density at radius 2 is 1.83 bits per heavy atom. The Hall–Kier alpha value is -2.79. The van der Waals surface area contributed by atoms with Gasteiger partial charge >= 0.3 is 0 Å². The van der Waals surface area contributed by atoms with Crippen molar-refractivity contribution in [2.24, 2.45) is 23.5 Å². The van der Waals surface area contributed by atoms with Crippen molar-refractivity contribution in [3.8, 4) is 5.75 Å². The lowest BCUT2D eigenvalue weighted by atomic mass is 9.54. The Balaban J connectivity index is 1.84. The summed E-state index contributed by atoms with van der Waals surface area (Å²) in [5.41, 5.74) is 4.45. The summed E-state index contributed by atoms with van der Waals surface area (Å²) in [6, 6.07) is 2.39. The maximum Gasteiger partial charge on any atom is 0.230 e. The second-order valence-electron chi connectivity index (χ2n) is 10.8. The zero-order valence-electron chi connectivity index (χ0n) is 21.1. The number of aliphatic hydroxyl groups excluding tert-OH is 2. The highest BCUT2D eigenvalue weighted by Crippen LogP contribution is 2.52. The fourth-order valence-electron chi connectivity index (χ4n) is 6.49. The van der Waals surface area contributed by atoms with Gasteiger partial charge in [0.25, 0.3) is 0 Å². The van der Waals surface area contributed by atoms with Crippen molar-refractivity contribution in [3.63, 3.8) is 0 Å². The molecule has 3 aliphatic carbocycles. The van der Waals surface area contributed by atoms with Crippen molar-refractivity contribution in [1.29, 1.82) is 0 Å². The van der Waals surface area contributed by atoms with Crippen molar-refractivity contribution in [2.75, 3.05) is 34.7 Å². The number of hydrogen-bond donors (Lipinski definition) is 5. The summed E-state index contributed by atoms with van der Waals surface area (Å²) >= 11 is 0. The monoisotopic (exact) mass is 501 g/mol. The van der Waals surface area contributed by atoms with Crippen LogP contribution in [0.25, 0.3) is 5.76 Å². The molecule has 0 heterocycles. The van der Waals surface area contributed by atoms with E-state index in [-0.39, 0.29) is 23.3 Å². The molecule has 0 bridgehead atoms. The summed E-state index contributed by atoms with van der Waals surface area (Å²) < 4.78 is 0. The highest BCUT2D eigenvalue weighted by Gasteiger charge is 2.67. The van der Waals surface area contributed by atoms with Crippen molar-refractivity contribution >= 4 is 23.2 Å². The van der Waals surface area contributed by atoms with Crippen LogP contribution in [0.1, 0.15) is 29.5 Å². The molecule has 6 atom stereocenters. The predicted octanol–water partition coefficient (Wildman–Crippen LogP) is -0.377. The molecule has 10 heteroatoms. The van der Waals surface area contributed by atoms with Gasteiger partial charge in [-0.2, -0.15) is 0 Å². The molecule has 2 saturated carbocycles. The molecule has 1 aromatic rings. The number of phenols is 1. The number of phenolic OH excluding ortho intramolecular Hbond substituents is 1. The maximum atomic E-state index is 13.8. The molecule has 0 saturated heterocycles. The van der Waals surface area contributed by atoms with Gasteiger partial charge in [0.05, 0.1) is 11.7 Å². The first-order chi connectivity index (χ1) is 16.8. The minimum absolute atomic E-state index is 0.116. The van der Waals surface area contributed by atoms with Crippen molar-refractivity contribution in [3.05, 3.63) is 34.4 Å². The van der Waals surface area contributed by atoms with Crippen LogP contribution in [0.15, 0.2) is 17.7 Å².